The third kappa shape index (κ3) is 1.82. The second kappa shape index (κ2) is 3.49. The SMILES string of the molecule is CC(C)C1(C)CC1Nc1nc(Br)cs1. The number of hydrogen-bond donors (Lipinski definition) is 1. The van der Waals surface area contributed by atoms with Gasteiger partial charge >= 0.3 is 0 Å². The Morgan fingerprint density at radius 3 is 2.86 bits per heavy atom. The zero-order valence-electron chi connectivity index (χ0n) is 8.67. The van der Waals surface area contributed by atoms with Gasteiger partial charge in [0.25, 0.3) is 0 Å². The molecule has 0 aliphatic heterocycles. The minimum atomic E-state index is 0.470. The minimum absolute atomic E-state index is 0.470. The summed E-state index contributed by atoms with van der Waals surface area (Å²) in [7, 11) is 0. The normalized spacial score (nSPS) is 30.8. The molecule has 1 N–H and O–H groups in total. The Morgan fingerprint density at radius 2 is 2.43 bits per heavy atom. The van der Waals surface area contributed by atoms with Crippen molar-refractivity contribution in [1.29, 1.82) is 0 Å². The molecule has 2 rings (SSSR count). The molecule has 1 aromatic heterocycles. The first-order valence-corrected chi connectivity index (χ1v) is 6.57. The standard InChI is InChI=1S/C10H15BrN2S/c1-6(2)10(3)4-7(10)12-9-13-8(11)5-14-9/h5-7H,4H2,1-3H3,(H,12,13). The van der Waals surface area contributed by atoms with E-state index < -0.39 is 0 Å². The molecule has 1 saturated carbocycles. The van der Waals surface area contributed by atoms with Crippen molar-refractivity contribution in [3.05, 3.63) is 9.98 Å². The molecule has 0 bridgehead atoms. The van der Waals surface area contributed by atoms with Crippen LogP contribution in [0.1, 0.15) is 27.2 Å². The van der Waals surface area contributed by atoms with Crippen LogP contribution in [0.3, 0.4) is 0 Å². The van der Waals surface area contributed by atoms with Crippen LogP contribution in [0.2, 0.25) is 0 Å². The van der Waals surface area contributed by atoms with Crippen LogP contribution in [-0.2, 0) is 0 Å². The largest absolute Gasteiger partial charge is 0.358 e. The van der Waals surface area contributed by atoms with Crippen LogP contribution < -0.4 is 5.32 Å². The van der Waals surface area contributed by atoms with Gasteiger partial charge in [-0.3, -0.25) is 0 Å². The lowest BCUT2D eigenvalue weighted by molar-refractivity contribution is 0.388. The van der Waals surface area contributed by atoms with Crippen LogP contribution in [0.4, 0.5) is 5.13 Å². The molecule has 1 aromatic rings. The van der Waals surface area contributed by atoms with E-state index in [4.69, 9.17) is 0 Å². The summed E-state index contributed by atoms with van der Waals surface area (Å²) in [6, 6.07) is 0.612. The molecule has 2 atom stereocenters. The molecule has 2 nitrogen and oxygen atoms in total. The molecule has 14 heavy (non-hydrogen) atoms. The number of rotatable bonds is 3. The molecular weight excluding hydrogens is 260 g/mol. The Morgan fingerprint density at radius 1 is 1.71 bits per heavy atom. The van der Waals surface area contributed by atoms with Crippen LogP contribution >= 0.6 is 27.3 Å². The van der Waals surface area contributed by atoms with E-state index in [1.54, 1.807) is 11.3 Å². The smallest absolute Gasteiger partial charge is 0.183 e. The molecule has 0 amide bonds. The number of nitrogens with zero attached hydrogens (tertiary/aromatic N) is 1. The van der Waals surface area contributed by atoms with Gasteiger partial charge in [0.1, 0.15) is 4.60 Å². The second-order valence-corrected chi connectivity index (χ2v) is 6.21. The van der Waals surface area contributed by atoms with Gasteiger partial charge in [-0.15, -0.1) is 11.3 Å². The Bertz CT molecular complexity index is 337. The van der Waals surface area contributed by atoms with Gasteiger partial charge in [0.15, 0.2) is 5.13 Å². The Kier molecular flexibility index (Phi) is 2.60. The topological polar surface area (TPSA) is 24.9 Å². The van der Waals surface area contributed by atoms with Crippen molar-refractivity contribution in [2.45, 2.75) is 33.2 Å². The maximum atomic E-state index is 4.34. The second-order valence-electron chi connectivity index (χ2n) is 4.54. The molecule has 1 heterocycles. The number of hydrogen-bond acceptors (Lipinski definition) is 3. The van der Waals surface area contributed by atoms with Gasteiger partial charge in [0.05, 0.1) is 0 Å². The molecule has 78 valence electrons. The summed E-state index contributed by atoms with van der Waals surface area (Å²) in [4.78, 5) is 4.34. The number of thiazole rings is 1. The van der Waals surface area contributed by atoms with E-state index in [0.717, 1.165) is 15.7 Å². The van der Waals surface area contributed by atoms with E-state index in [1.165, 1.54) is 6.42 Å². The number of anilines is 1. The first-order valence-electron chi connectivity index (χ1n) is 4.90. The van der Waals surface area contributed by atoms with Crippen LogP contribution in [0, 0.1) is 11.3 Å². The van der Waals surface area contributed by atoms with Crippen LogP contribution in [0.15, 0.2) is 9.98 Å². The first-order chi connectivity index (χ1) is 6.52. The lowest BCUT2D eigenvalue weighted by Crippen LogP contribution is -2.16. The van der Waals surface area contributed by atoms with Crippen molar-refractivity contribution in [2.24, 2.45) is 11.3 Å². The van der Waals surface area contributed by atoms with Crippen LogP contribution in [0.5, 0.6) is 0 Å². The summed E-state index contributed by atoms with van der Waals surface area (Å²) in [5, 5.41) is 6.53. The highest BCUT2D eigenvalue weighted by atomic mass is 79.9. The van der Waals surface area contributed by atoms with Gasteiger partial charge < -0.3 is 5.32 Å². The molecule has 0 saturated heterocycles. The average molecular weight is 275 g/mol. The molecule has 0 radical (unpaired) electrons. The van der Waals surface area contributed by atoms with Crippen molar-refractivity contribution in [1.82, 2.24) is 4.98 Å². The van der Waals surface area contributed by atoms with Gasteiger partial charge in [0, 0.05) is 11.4 Å². The Labute approximate surface area is 97.3 Å². The zero-order valence-corrected chi connectivity index (χ0v) is 11.1. The molecule has 4 heteroatoms. The van der Waals surface area contributed by atoms with Crippen molar-refractivity contribution in [2.75, 3.05) is 5.32 Å². The summed E-state index contributed by atoms with van der Waals surface area (Å²) < 4.78 is 0.928. The van der Waals surface area contributed by atoms with Crippen molar-refractivity contribution < 1.29 is 0 Å². The van der Waals surface area contributed by atoms with Gasteiger partial charge in [0.2, 0.25) is 0 Å². The van der Waals surface area contributed by atoms with E-state index in [1.807, 2.05) is 5.38 Å². The fraction of sp³-hybridized carbons (Fsp3) is 0.700. The maximum absolute atomic E-state index is 4.34. The quantitative estimate of drug-likeness (QED) is 0.908. The maximum Gasteiger partial charge on any atom is 0.183 e. The highest BCUT2D eigenvalue weighted by molar-refractivity contribution is 9.10. The summed E-state index contributed by atoms with van der Waals surface area (Å²) >= 11 is 5.02. The summed E-state index contributed by atoms with van der Waals surface area (Å²) in [6.07, 6.45) is 1.27. The Hall–Kier alpha value is -0.0900. The molecule has 1 fully saturated rings. The van der Waals surface area contributed by atoms with Gasteiger partial charge in [-0.25, -0.2) is 4.98 Å². The zero-order chi connectivity index (χ0) is 10.3. The number of aromatic nitrogens is 1. The molecular formula is C10H15BrN2S. The van der Waals surface area contributed by atoms with Crippen molar-refractivity contribution >= 4 is 32.4 Å². The highest BCUT2D eigenvalue weighted by Crippen LogP contribution is 2.53. The van der Waals surface area contributed by atoms with Gasteiger partial charge in [-0.05, 0) is 33.7 Å². The van der Waals surface area contributed by atoms with Crippen LogP contribution in [-0.4, -0.2) is 11.0 Å². The average Bonchev–Trinajstić information content (AvgIpc) is 2.54. The van der Waals surface area contributed by atoms with E-state index >= 15 is 0 Å². The van der Waals surface area contributed by atoms with Gasteiger partial charge in [-0.2, -0.15) is 0 Å². The molecule has 0 spiro atoms. The number of halogens is 1. The van der Waals surface area contributed by atoms with E-state index in [-0.39, 0.29) is 0 Å². The van der Waals surface area contributed by atoms with Gasteiger partial charge in [-0.1, -0.05) is 20.8 Å². The summed E-state index contributed by atoms with van der Waals surface area (Å²) in [5.41, 5.74) is 0.470. The molecule has 0 aromatic carbocycles. The first kappa shape index (κ1) is 10.4. The monoisotopic (exact) mass is 274 g/mol. The van der Waals surface area contributed by atoms with E-state index in [2.05, 4.69) is 47.0 Å². The molecule has 2 unspecified atom stereocenters. The summed E-state index contributed by atoms with van der Waals surface area (Å²) in [6.45, 7) is 6.93. The minimum Gasteiger partial charge on any atom is -0.358 e. The lowest BCUT2D eigenvalue weighted by atomic mass is 9.94. The Balaban J connectivity index is 1.96. The fourth-order valence-electron chi connectivity index (χ4n) is 1.70. The van der Waals surface area contributed by atoms with E-state index in [0.29, 0.717) is 11.5 Å². The highest BCUT2D eigenvalue weighted by Gasteiger charge is 2.52. The third-order valence-corrected chi connectivity index (χ3v) is 4.86. The predicted octanol–water partition coefficient (Wildman–Crippen LogP) is 3.75. The van der Waals surface area contributed by atoms with Crippen LogP contribution in [0.25, 0.3) is 0 Å². The number of nitrogens with one attached hydrogen (secondary N) is 1. The lowest BCUT2D eigenvalue weighted by Gasteiger charge is -2.15. The molecule has 1 aliphatic carbocycles. The van der Waals surface area contributed by atoms with Crippen molar-refractivity contribution in [3.8, 4) is 0 Å². The predicted molar refractivity (Wildman–Crippen MR) is 64.8 cm³/mol. The fourth-order valence-corrected chi connectivity index (χ4v) is 2.90. The summed E-state index contributed by atoms with van der Waals surface area (Å²) in [5.74, 6) is 0.739. The van der Waals surface area contributed by atoms with E-state index in [9.17, 15) is 0 Å². The molecule has 1 aliphatic rings. The third-order valence-electron chi connectivity index (χ3n) is 3.37. The van der Waals surface area contributed by atoms with Crippen molar-refractivity contribution in [3.63, 3.8) is 0 Å².